The summed E-state index contributed by atoms with van der Waals surface area (Å²) < 4.78 is 11.1. The molecule has 1 aromatic carbocycles. The maximum Gasteiger partial charge on any atom is 0.244 e. The second-order valence-electron chi connectivity index (χ2n) is 5.87. The van der Waals surface area contributed by atoms with E-state index in [1.165, 1.54) is 0 Å². The summed E-state index contributed by atoms with van der Waals surface area (Å²) in [6.07, 6.45) is 4.36. The predicted molar refractivity (Wildman–Crippen MR) is 95.1 cm³/mol. The molecule has 0 fully saturated rings. The van der Waals surface area contributed by atoms with Crippen LogP contribution in [0, 0.1) is 0 Å². The van der Waals surface area contributed by atoms with Gasteiger partial charge in [0.05, 0.1) is 12.6 Å². The van der Waals surface area contributed by atoms with Gasteiger partial charge in [0.25, 0.3) is 0 Å². The van der Waals surface area contributed by atoms with E-state index in [1.54, 1.807) is 12.4 Å². The molecule has 0 saturated heterocycles. The third-order valence-corrected chi connectivity index (χ3v) is 4.05. The standard InChI is InChI=1S/C19H22N4O2/c1-15(19-21-18(22-25-19)16-8-6-11-20-14-16)23(2)12-7-13-24-17-9-4-3-5-10-17/h3-6,8-11,14-15H,7,12-13H2,1-2H3/t15-/m1/s1. The van der Waals surface area contributed by atoms with Crippen molar-refractivity contribution in [3.8, 4) is 17.1 Å². The molecule has 0 amide bonds. The first kappa shape index (κ1) is 17.1. The van der Waals surface area contributed by atoms with Gasteiger partial charge in [-0.05, 0) is 44.7 Å². The highest BCUT2D eigenvalue weighted by Crippen LogP contribution is 2.21. The highest BCUT2D eigenvalue weighted by atomic mass is 16.5. The van der Waals surface area contributed by atoms with E-state index in [0.717, 1.165) is 24.3 Å². The van der Waals surface area contributed by atoms with Crippen LogP contribution >= 0.6 is 0 Å². The smallest absolute Gasteiger partial charge is 0.244 e. The Morgan fingerprint density at radius 1 is 1.16 bits per heavy atom. The van der Waals surface area contributed by atoms with Crippen molar-refractivity contribution in [1.82, 2.24) is 20.0 Å². The number of para-hydroxylation sites is 1. The van der Waals surface area contributed by atoms with E-state index < -0.39 is 0 Å². The molecule has 130 valence electrons. The fourth-order valence-electron chi connectivity index (χ4n) is 2.42. The minimum Gasteiger partial charge on any atom is -0.494 e. The number of benzene rings is 1. The van der Waals surface area contributed by atoms with E-state index in [4.69, 9.17) is 9.26 Å². The summed E-state index contributed by atoms with van der Waals surface area (Å²) in [5.74, 6) is 2.07. The summed E-state index contributed by atoms with van der Waals surface area (Å²) in [6.45, 7) is 3.60. The van der Waals surface area contributed by atoms with Gasteiger partial charge in [0.15, 0.2) is 0 Å². The second kappa shape index (κ2) is 8.39. The van der Waals surface area contributed by atoms with E-state index >= 15 is 0 Å². The largest absolute Gasteiger partial charge is 0.494 e. The summed E-state index contributed by atoms with van der Waals surface area (Å²) in [5, 5.41) is 4.05. The molecule has 0 aliphatic rings. The van der Waals surface area contributed by atoms with Gasteiger partial charge in [-0.15, -0.1) is 0 Å². The summed E-state index contributed by atoms with van der Waals surface area (Å²) in [4.78, 5) is 10.7. The molecule has 0 radical (unpaired) electrons. The van der Waals surface area contributed by atoms with Crippen molar-refractivity contribution < 1.29 is 9.26 Å². The van der Waals surface area contributed by atoms with Gasteiger partial charge in [0, 0.05) is 24.5 Å². The second-order valence-corrected chi connectivity index (χ2v) is 5.87. The zero-order valence-electron chi connectivity index (χ0n) is 14.5. The molecule has 6 nitrogen and oxygen atoms in total. The Bertz CT molecular complexity index is 761. The fourth-order valence-corrected chi connectivity index (χ4v) is 2.42. The fraction of sp³-hybridized carbons (Fsp3) is 0.316. The minimum atomic E-state index is 0.0367. The lowest BCUT2D eigenvalue weighted by atomic mass is 10.2. The third kappa shape index (κ3) is 4.64. The van der Waals surface area contributed by atoms with Crippen LogP contribution in [-0.2, 0) is 0 Å². The zero-order chi connectivity index (χ0) is 17.5. The lowest BCUT2D eigenvalue weighted by molar-refractivity contribution is 0.192. The van der Waals surface area contributed by atoms with Crippen molar-refractivity contribution in [2.24, 2.45) is 0 Å². The topological polar surface area (TPSA) is 64.3 Å². The molecule has 0 spiro atoms. The van der Waals surface area contributed by atoms with Crippen LogP contribution < -0.4 is 4.74 Å². The summed E-state index contributed by atoms with van der Waals surface area (Å²) >= 11 is 0. The van der Waals surface area contributed by atoms with Gasteiger partial charge in [0.1, 0.15) is 5.75 Å². The molecule has 0 bridgehead atoms. The van der Waals surface area contributed by atoms with Crippen LogP contribution in [0.25, 0.3) is 11.4 Å². The van der Waals surface area contributed by atoms with Gasteiger partial charge in [-0.3, -0.25) is 9.88 Å². The van der Waals surface area contributed by atoms with E-state index in [2.05, 4.69) is 26.9 Å². The highest BCUT2D eigenvalue weighted by molar-refractivity contribution is 5.51. The number of ether oxygens (including phenoxy) is 1. The average molecular weight is 338 g/mol. The molecule has 1 atom stereocenters. The quantitative estimate of drug-likeness (QED) is 0.585. The first-order valence-electron chi connectivity index (χ1n) is 8.36. The molecule has 0 N–H and O–H groups in total. The molecule has 0 aliphatic heterocycles. The normalized spacial score (nSPS) is 12.3. The molecule has 3 aromatic rings. The molecule has 2 heterocycles. The van der Waals surface area contributed by atoms with Gasteiger partial charge in [0.2, 0.25) is 11.7 Å². The number of nitrogens with zero attached hydrogens (tertiary/aromatic N) is 4. The molecule has 3 rings (SSSR count). The van der Waals surface area contributed by atoms with Crippen LogP contribution in [-0.4, -0.2) is 40.2 Å². The summed E-state index contributed by atoms with van der Waals surface area (Å²) in [6, 6.07) is 13.7. The predicted octanol–water partition coefficient (Wildman–Crippen LogP) is 3.59. The summed E-state index contributed by atoms with van der Waals surface area (Å²) in [5.41, 5.74) is 0.851. The first-order chi connectivity index (χ1) is 12.2. The molecule has 2 aromatic heterocycles. The Hall–Kier alpha value is -2.73. The van der Waals surface area contributed by atoms with E-state index in [0.29, 0.717) is 18.3 Å². The Morgan fingerprint density at radius 3 is 2.76 bits per heavy atom. The van der Waals surface area contributed by atoms with Crippen molar-refractivity contribution in [3.05, 3.63) is 60.7 Å². The Morgan fingerprint density at radius 2 is 2.00 bits per heavy atom. The van der Waals surface area contributed by atoms with Crippen molar-refractivity contribution in [2.45, 2.75) is 19.4 Å². The van der Waals surface area contributed by atoms with Gasteiger partial charge in [-0.1, -0.05) is 23.4 Å². The van der Waals surface area contributed by atoms with Crippen molar-refractivity contribution in [3.63, 3.8) is 0 Å². The number of hydrogen-bond donors (Lipinski definition) is 0. The third-order valence-electron chi connectivity index (χ3n) is 4.05. The average Bonchev–Trinajstić information content (AvgIpc) is 3.16. The highest BCUT2D eigenvalue weighted by Gasteiger charge is 2.19. The van der Waals surface area contributed by atoms with Crippen LogP contribution in [0.5, 0.6) is 5.75 Å². The lowest BCUT2D eigenvalue weighted by Crippen LogP contribution is -2.25. The first-order valence-corrected chi connectivity index (χ1v) is 8.36. The van der Waals surface area contributed by atoms with E-state index in [9.17, 15) is 0 Å². The number of pyridine rings is 1. The Balaban J connectivity index is 1.49. The molecule has 0 unspecified atom stereocenters. The number of aromatic nitrogens is 3. The Kier molecular flexibility index (Phi) is 5.74. The maximum absolute atomic E-state index is 5.72. The monoisotopic (exact) mass is 338 g/mol. The molecule has 0 saturated carbocycles. The summed E-state index contributed by atoms with van der Waals surface area (Å²) in [7, 11) is 2.04. The van der Waals surface area contributed by atoms with Crippen LogP contribution in [0.3, 0.4) is 0 Å². The molecule has 25 heavy (non-hydrogen) atoms. The van der Waals surface area contributed by atoms with Crippen LogP contribution in [0.15, 0.2) is 59.4 Å². The van der Waals surface area contributed by atoms with Gasteiger partial charge in [-0.25, -0.2) is 0 Å². The molecule has 0 aliphatic carbocycles. The number of hydrogen-bond acceptors (Lipinski definition) is 6. The minimum absolute atomic E-state index is 0.0367. The SMILES string of the molecule is C[C@H](c1nc(-c2cccnc2)no1)N(C)CCCOc1ccccc1. The van der Waals surface area contributed by atoms with Crippen molar-refractivity contribution in [2.75, 3.05) is 20.2 Å². The van der Waals surface area contributed by atoms with Crippen LogP contribution in [0.2, 0.25) is 0 Å². The Labute approximate surface area is 147 Å². The molecule has 6 heteroatoms. The number of rotatable bonds is 8. The van der Waals surface area contributed by atoms with Crippen molar-refractivity contribution in [1.29, 1.82) is 0 Å². The van der Waals surface area contributed by atoms with Gasteiger partial charge in [-0.2, -0.15) is 4.98 Å². The molecular weight excluding hydrogens is 316 g/mol. The zero-order valence-corrected chi connectivity index (χ0v) is 14.5. The molecular formula is C19H22N4O2. The van der Waals surface area contributed by atoms with E-state index in [-0.39, 0.29) is 6.04 Å². The van der Waals surface area contributed by atoms with Crippen LogP contribution in [0.1, 0.15) is 25.3 Å². The van der Waals surface area contributed by atoms with Crippen molar-refractivity contribution >= 4 is 0 Å². The maximum atomic E-state index is 5.72. The van der Waals surface area contributed by atoms with Gasteiger partial charge >= 0.3 is 0 Å². The van der Waals surface area contributed by atoms with E-state index in [1.807, 2.05) is 49.5 Å². The van der Waals surface area contributed by atoms with Crippen LogP contribution in [0.4, 0.5) is 0 Å². The lowest BCUT2D eigenvalue weighted by Gasteiger charge is -2.21. The van der Waals surface area contributed by atoms with Gasteiger partial charge < -0.3 is 9.26 Å².